The van der Waals surface area contributed by atoms with Crippen molar-refractivity contribution in [3.05, 3.63) is 89.7 Å². The van der Waals surface area contributed by atoms with E-state index in [1.54, 1.807) is 6.20 Å². The van der Waals surface area contributed by atoms with Crippen LogP contribution in [0, 0.1) is 12.8 Å². The van der Waals surface area contributed by atoms with Gasteiger partial charge in [0.1, 0.15) is 5.78 Å². The maximum absolute atomic E-state index is 13.4. The van der Waals surface area contributed by atoms with Gasteiger partial charge < -0.3 is 5.32 Å². The van der Waals surface area contributed by atoms with E-state index in [0.717, 1.165) is 29.1 Å². The highest BCUT2D eigenvalue weighted by molar-refractivity contribution is 6.10. The molecule has 2 aliphatic rings. The molecule has 0 spiro atoms. The zero-order valence-electron chi connectivity index (χ0n) is 16.4. The highest BCUT2D eigenvalue weighted by Crippen LogP contribution is 2.43. The summed E-state index contributed by atoms with van der Waals surface area (Å²) in [6, 6.07) is 20.4. The van der Waals surface area contributed by atoms with Crippen LogP contribution >= 0.6 is 0 Å². The third-order valence-electron chi connectivity index (χ3n) is 6.01. The number of carbonyl (C=O) groups excluding carboxylic acids is 1. The average Bonchev–Trinajstić information content (AvgIpc) is 2.92. The molecule has 1 N–H and O–H groups in total. The van der Waals surface area contributed by atoms with E-state index in [2.05, 4.69) is 41.5 Å². The number of aromatic nitrogens is 1. The molecule has 144 valence electrons. The molecule has 1 saturated carbocycles. The summed E-state index contributed by atoms with van der Waals surface area (Å²) in [5.74, 6) is 0.154. The van der Waals surface area contributed by atoms with Gasteiger partial charge in [-0.05, 0) is 48.6 Å². The van der Waals surface area contributed by atoms with Crippen LogP contribution in [0.15, 0.2) is 78.0 Å². The number of aliphatic imine (C=N–C) groups is 1. The van der Waals surface area contributed by atoms with Gasteiger partial charge in [0.25, 0.3) is 0 Å². The number of benzene rings is 2. The van der Waals surface area contributed by atoms with Crippen molar-refractivity contribution in [2.24, 2.45) is 10.9 Å². The number of fused-ring (bicyclic) bond motifs is 2. The Balaban J connectivity index is 1.58. The maximum Gasteiger partial charge on any atom is 0.144 e. The summed E-state index contributed by atoms with van der Waals surface area (Å²) in [4.78, 5) is 22.7. The minimum absolute atomic E-state index is 0.155. The number of para-hydroxylation sites is 2. The van der Waals surface area contributed by atoms with Crippen molar-refractivity contribution in [3.63, 3.8) is 0 Å². The molecule has 1 fully saturated rings. The molecule has 29 heavy (non-hydrogen) atoms. The molecule has 1 aliphatic carbocycles. The quantitative estimate of drug-likeness (QED) is 0.647. The number of hydrogen-bond donors (Lipinski definition) is 1. The Hall–Kier alpha value is -3.27. The van der Waals surface area contributed by atoms with Crippen LogP contribution < -0.4 is 5.32 Å². The molecular weight excluding hydrogens is 358 g/mol. The molecular formula is C25H23N3O. The lowest BCUT2D eigenvalue weighted by atomic mass is 9.72. The fourth-order valence-corrected chi connectivity index (χ4v) is 4.51. The lowest BCUT2D eigenvalue weighted by Crippen LogP contribution is -2.38. The highest BCUT2D eigenvalue weighted by atomic mass is 16.1. The van der Waals surface area contributed by atoms with Crippen LogP contribution in [0.5, 0.6) is 0 Å². The SMILES string of the molecule is Cc1ccc(C2CC(=O)C3C(=Nc4ccccc4NC3c3cccnc3)C2)cc1. The summed E-state index contributed by atoms with van der Waals surface area (Å²) in [5, 5.41) is 3.59. The van der Waals surface area contributed by atoms with Crippen molar-refractivity contribution in [1.29, 1.82) is 0 Å². The van der Waals surface area contributed by atoms with Gasteiger partial charge in [0.2, 0.25) is 0 Å². The molecule has 0 amide bonds. The molecule has 4 heteroatoms. The number of anilines is 1. The summed E-state index contributed by atoms with van der Waals surface area (Å²) in [6.07, 6.45) is 4.95. The van der Waals surface area contributed by atoms with Crippen molar-refractivity contribution in [1.82, 2.24) is 4.98 Å². The maximum atomic E-state index is 13.4. The fourth-order valence-electron chi connectivity index (χ4n) is 4.51. The highest BCUT2D eigenvalue weighted by Gasteiger charge is 2.41. The lowest BCUT2D eigenvalue weighted by molar-refractivity contribution is -0.122. The zero-order chi connectivity index (χ0) is 19.8. The molecule has 0 bridgehead atoms. The monoisotopic (exact) mass is 381 g/mol. The van der Waals surface area contributed by atoms with Gasteiger partial charge in [0, 0.05) is 24.5 Å². The molecule has 3 aromatic rings. The van der Waals surface area contributed by atoms with Crippen molar-refractivity contribution in [2.45, 2.75) is 31.7 Å². The van der Waals surface area contributed by atoms with Crippen LogP contribution in [0.4, 0.5) is 11.4 Å². The largest absolute Gasteiger partial charge is 0.375 e. The topological polar surface area (TPSA) is 54.4 Å². The summed E-state index contributed by atoms with van der Waals surface area (Å²) in [6.45, 7) is 2.09. The van der Waals surface area contributed by atoms with Crippen molar-refractivity contribution in [3.8, 4) is 0 Å². The van der Waals surface area contributed by atoms with E-state index in [1.165, 1.54) is 11.1 Å². The van der Waals surface area contributed by atoms with Crippen molar-refractivity contribution < 1.29 is 4.79 Å². The van der Waals surface area contributed by atoms with Gasteiger partial charge in [-0.15, -0.1) is 0 Å². The Kier molecular flexibility index (Phi) is 4.47. The van der Waals surface area contributed by atoms with E-state index >= 15 is 0 Å². The Bertz CT molecular complexity index is 1070. The summed E-state index contributed by atoms with van der Waals surface area (Å²) in [7, 11) is 0. The van der Waals surface area contributed by atoms with Crippen LogP contribution in [0.25, 0.3) is 0 Å². The van der Waals surface area contributed by atoms with Gasteiger partial charge in [-0.3, -0.25) is 14.8 Å². The number of rotatable bonds is 2. The molecule has 3 atom stereocenters. The van der Waals surface area contributed by atoms with Crippen molar-refractivity contribution >= 4 is 22.9 Å². The average molecular weight is 381 g/mol. The van der Waals surface area contributed by atoms with Gasteiger partial charge in [-0.25, -0.2) is 0 Å². The van der Waals surface area contributed by atoms with Crippen LogP contribution in [0.3, 0.4) is 0 Å². The number of nitrogens with zero attached hydrogens (tertiary/aromatic N) is 2. The van der Waals surface area contributed by atoms with E-state index in [0.29, 0.717) is 6.42 Å². The molecule has 4 nitrogen and oxygen atoms in total. The van der Waals surface area contributed by atoms with Gasteiger partial charge >= 0.3 is 0 Å². The molecule has 5 rings (SSSR count). The fraction of sp³-hybridized carbons (Fsp3) is 0.240. The molecule has 2 aromatic carbocycles. The normalized spacial score (nSPS) is 23.3. The number of carbonyl (C=O) groups is 1. The van der Waals surface area contributed by atoms with E-state index in [1.807, 2.05) is 42.6 Å². The summed E-state index contributed by atoms with van der Waals surface area (Å²) < 4.78 is 0. The summed E-state index contributed by atoms with van der Waals surface area (Å²) in [5.41, 5.74) is 6.30. The summed E-state index contributed by atoms with van der Waals surface area (Å²) >= 11 is 0. The van der Waals surface area contributed by atoms with E-state index in [9.17, 15) is 4.79 Å². The van der Waals surface area contributed by atoms with Gasteiger partial charge in [0.05, 0.1) is 23.3 Å². The second kappa shape index (κ2) is 7.28. The first-order valence-electron chi connectivity index (χ1n) is 10.1. The predicted octanol–water partition coefficient (Wildman–Crippen LogP) is 5.39. The Morgan fingerprint density at radius 1 is 0.931 bits per heavy atom. The van der Waals surface area contributed by atoms with Gasteiger partial charge in [-0.1, -0.05) is 48.0 Å². The minimum Gasteiger partial charge on any atom is -0.375 e. The molecule has 2 heterocycles. The van der Waals surface area contributed by atoms with Crippen LogP contribution in [-0.4, -0.2) is 16.5 Å². The first-order chi connectivity index (χ1) is 14.2. The van der Waals surface area contributed by atoms with Gasteiger partial charge in [0.15, 0.2) is 0 Å². The first kappa shape index (κ1) is 17.8. The number of Topliss-reactive ketones (excluding diaryl/α,β-unsaturated/α-hetero) is 1. The Morgan fingerprint density at radius 2 is 1.76 bits per heavy atom. The van der Waals surface area contributed by atoms with Crippen LogP contribution in [-0.2, 0) is 4.79 Å². The second-order valence-electron chi connectivity index (χ2n) is 7.99. The molecule has 1 aliphatic heterocycles. The number of hydrogen-bond acceptors (Lipinski definition) is 4. The molecule has 0 radical (unpaired) electrons. The van der Waals surface area contributed by atoms with Crippen molar-refractivity contribution in [2.75, 3.05) is 5.32 Å². The standard InChI is InChI=1S/C25H23N3O/c1-16-8-10-17(11-9-16)19-13-22-24(23(29)14-19)25(18-5-4-12-26-15-18)28-21-7-3-2-6-20(21)27-22/h2-12,15,19,24-25,28H,13-14H2,1H3. The predicted molar refractivity (Wildman–Crippen MR) is 116 cm³/mol. The second-order valence-corrected chi connectivity index (χ2v) is 7.99. The van der Waals surface area contributed by atoms with Crippen LogP contribution in [0.1, 0.15) is 41.5 Å². The third kappa shape index (κ3) is 3.35. The first-order valence-corrected chi connectivity index (χ1v) is 10.1. The lowest BCUT2D eigenvalue weighted by Gasteiger charge is -2.33. The molecule has 0 saturated heterocycles. The molecule has 3 unspecified atom stereocenters. The van der Waals surface area contributed by atoms with E-state index in [-0.39, 0.29) is 23.7 Å². The number of pyridine rings is 1. The third-order valence-corrected chi connectivity index (χ3v) is 6.01. The minimum atomic E-state index is -0.270. The van der Waals surface area contributed by atoms with E-state index in [4.69, 9.17) is 4.99 Å². The van der Waals surface area contributed by atoms with Gasteiger partial charge in [-0.2, -0.15) is 0 Å². The zero-order valence-corrected chi connectivity index (χ0v) is 16.4. The smallest absolute Gasteiger partial charge is 0.144 e. The Morgan fingerprint density at radius 3 is 2.55 bits per heavy atom. The number of aryl methyl sites for hydroxylation is 1. The number of ketones is 1. The number of nitrogens with one attached hydrogen (secondary N) is 1. The van der Waals surface area contributed by atoms with E-state index < -0.39 is 0 Å². The molecule has 1 aromatic heterocycles. The van der Waals surface area contributed by atoms with Crippen LogP contribution in [0.2, 0.25) is 0 Å². The Labute approximate surface area is 170 Å².